The van der Waals surface area contributed by atoms with Crippen LogP contribution >= 0.6 is 11.3 Å². The molecule has 1 heterocycles. The molecule has 0 aliphatic heterocycles. The van der Waals surface area contributed by atoms with Crippen LogP contribution in [-0.2, 0) is 17.3 Å². The Kier molecular flexibility index (Phi) is 6.15. The van der Waals surface area contributed by atoms with Crippen molar-refractivity contribution < 1.29 is 9.00 Å². The summed E-state index contributed by atoms with van der Waals surface area (Å²) in [6.07, 6.45) is 1.65. The number of urea groups is 1. The minimum Gasteiger partial charge on any atom is -0.338 e. The Balaban J connectivity index is 1.74. The first-order valence-corrected chi connectivity index (χ1v) is 9.47. The van der Waals surface area contributed by atoms with Gasteiger partial charge in [-0.2, -0.15) is 0 Å². The van der Waals surface area contributed by atoms with Crippen molar-refractivity contribution in [1.29, 1.82) is 0 Å². The van der Waals surface area contributed by atoms with Crippen molar-refractivity contribution in [3.8, 4) is 0 Å². The zero-order valence-corrected chi connectivity index (χ0v) is 14.3. The summed E-state index contributed by atoms with van der Waals surface area (Å²) in [4.78, 5) is 13.9. The van der Waals surface area contributed by atoms with Crippen LogP contribution in [0.1, 0.15) is 23.3 Å². The minimum atomic E-state index is -0.972. The molecule has 0 spiro atoms. The van der Waals surface area contributed by atoms with E-state index in [9.17, 15) is 9.00 Å². The van der Waals surface area contributed by atoms with Crippen molar-refractivity contribution in [2.75, 3.05) is 12.8 Å². The fourth-order valence-electron chi connectivity index (χ4n) is 1.96. The van der Waals surface area contributed by atoms with E-state index in [0.29, 0.717) is 19.0 Å². The summed E-state index contributed by atoms with van der Waals surface area (Å²) in [5.41, 5.74) is 0.982. The summed E-state index contributed by atoms with van der Waals surface area (Å²) >= 11 is 1.70. The molecule has 0 fully saturated rings. The highest BCUT2D eigenvalue weighted by atomic mass is 32.2. The maximum absolute atomic E-state index is 11.8. The second-order valence-corrected chi connectivity index (χ2v) is 7.44. The van der Waals surface area contributed by atoms with Crippen LogP contribution in [0.3, 0.4) is 0 Å². The molecule has 2 rings (SSSR count). The SMILES string of the molecule is C[C@@H](CNC(=O)NCc1ccc([S@@](C)=O)cc1)c1cccs1. The summed E-state index contributed by atoms with van der Waals surface area (Å²) < 4.78 is 11.3. The number of carbonyl (C=O) groups is 1. The van der Waals surface area contributed by atoms with Gasteiger partial charge in [0.15, 0.2) is 0 Å². The van der Waals surface area contributed by atoms with E-state index in [1.165, 1.54) is 4.88 Å². The van der Waals surface area contributed by atoms with E-state index < -0.39 is 10.8 Å². The van der Waals surface area contributed by atoms with E-state index in [1.807, 2.05) is 35.7 Å². The van der Waals surface area contributed by atoms with Crippen LogP contribution in [0, 0.1) is 0 Å². The van der Waals surface area contributed by atoms with Gasteiger partial charge in [-0.3, -0.25) is 4.21 Å². The first kappa shape index (κ1) is 16.7. The van der Waals surface area contributed by atoms with Crippen LogP contribution in [0.4, 0.5) is 4.79 Å². The lowest BCUT2D eigenvalue weighted by Gasteiger charge is -2.12. The molecule has 0 saturated heterocycles. The van der Waals surface area contributed by atoms with Gasteiger partial charge in [-0.25, -0.2) is 4.79 Å². The van der Waals surface area contributed by atoms with Crippen LogP contribution in [0.5, 0.6) is 0 Å². The Bertz CT molecular complexity index is 624. The van der Waals surface area contributed by atoms with Crippen molar-refractivity contribution in [2.24, 2.45) is 0 Å². The van der Waals surface area contributed by atoms with Gasteiger partial charge in [0.2, 0.25) is 0 Å². The summed E-state index contributed by atoms with van der Waals surface area (Å²) in [5, 5.41) is 7.74. The third-order valence-corrected chi connectivity index (χ3v) is 5.35. The van der Waals surface area contributed by atoms with Crippen molar-refractivity contribution in [1.82, 2.24) is 10.6 Å². The molecule has 4 nitrogen and oxygen atoms in total. The lowest BCUT2D eigenvalue weighted by Crippen LogP contribution is -2.36. The van der Waals surface area contributed by atoms with Gasteiger partial charge < -0.3 is 10.6 Å². The van der Waals surface area contributed by atoms with Crippen LogP contribution in [0.15, 0.2) is 46.7 Å². The molecule has 0 aliphatic carbocycles. The molecular weight excluding hydrogens is 316 g/mol. The first-order valence-electron chi connectivity index (χ1n) is 7.03. The fourth-order valence-corrected chi connectivity index (χ4v) is 3.27. The number of hydrogen-bond donors (Lipinski definition) is 2. The van der Waals surface area contributed by atoms with Gasteiger partial charge in [-0.05, 0) is 29.1 Å². The van der Waals surface area contributed by atoms with Gasteiger partial charge in [0.1, 0.15) is 0 Å². The molecule has 1 aromatic heterocycles. The highest BCUT2D eigenvalue weighted by Gasteiger charge is 2.08. The molecule has 2 amide bonds. The molecule has 0 radical (unpaired) electrons. The maximum atomic E-state index is 11.8. The summed E-state index contributed by atoms with van der Waals surface area (Å²) in [7, 11) is -0.972. The highest BCUT2D eigenvalue weighted by Crippen LogP contribution is 2.19. The van der Waals surface area contributed by atoms with Crippen molar-refractivity contribution >= 4 is 28.2 Å². The van der Waals surface area contributed by atoms with E-state index in [-0.39, 0.29) is 6.03 Å². The topological polar surface area (TPSA) is 58.2 Å². The third-order valence-electron chi connectivity index (χ3n) is 3.31. The van der Waals surface area contributed by atoms with Crippen LogP contribution in [0.25, 0.3) is 0 Å². The Labute approximate surface area is 137 Å². The monoisotopic (exact) mass is 336 g/mol. The number of amides is 2. The number of carbonyl (C=O) groups excluding carboxylic acids is 1. The van der Waals surface area contributed by atoms with Gasteiger partial charge in [-0.1, -0.05) is 25.1 Å². The molecule has 0 bridgehead atoms. The molecule has 1 aromatic carbocycles. The van der Waals surface area contributed by atoms with E-state index >= 15 is 0 Å². The maximum Gasteiger partial charge on any atom is 0.315 e. The quantitative estimate of drug-likeness (QED) is 0.852. The van der Waals surface area contributed by atoms with Crippen LogP contribution in [-0.4, -0.2) is 23.0 Å². The van der Waals surface area contributed by atoms with Crippen LogP contribution < -0.4 is 10.6 Å². The Morgan fingerprint density at radius 3 is 2.55 bits per heavy atom. The van der Waals surface area contributed by atoms with Gasteiger partial charge in [-0.15, -0.1) is 11.3 Å². The van der Waals surface area contributed by atoms with E-state index in [4.69, 9.17) is 0 Å². The average Bonchev–Trinajstić information content (AvgIpc) is 3.05. The average molecular weight is 336 g/mol. The lowest BCUT2D eigenvalue weighted by molar-refractivity contribution is 0.240. The Morgan fingerprint density at radius 2 is 1.95 bits per heavy atom. The largest absolute Gasteiger partial charge is 0.338 e. The number of thiophene rings is 1. The number of rotatable bonds is 6. The Hall–Kier alpha value is -1.66. The van der Waals surface area contributed by atoms with Crippen molar-refractivity contribution in [3.63, 3.8) is 0 Å². The van der Waals surface area contributed by atoms with Gasteiger partial charge >= 0.3 is 6.03 Å². The molecule has 0 saturated carbocycles. The summed E-state index contributed by atoms with van der Waals surface area (Å²) in [6.45, 7) is 3.16. The summed E-state index contributed by atoms with van der Waals surface area (Å²) in [6, 6.07) is 11.3. The zero-order valence-electron chi connectivity index (χ0n) is 12.7. The molecule has 22 heavy (non-hydrogen) atoms. The smallest absolute Gasteiger partial charge is 0.315 e. The minimum absolute atomic E-state index is 0.174. The van der Waals surface area contributed by atoms with E-state index in [1.54, 1.807) is 17.6 Å². The molecule has 118 valence electrons. The predicted molar refractivity (Wildman–Crippen MR) is 91.7 cm³/mol. The molecule has 2 aromatic rings. The first-order chi connectivity index (χ1) is 10.6. The van der Waals surface area contributed by atoms with Crippen molar-refractivity contribution in [2.45, 2.75) is 24.3 Å². The zero-order chi connectivity index (χ0) is 15.9. The standard InChI is InChI=1S/C16H20N2O2S2/c1-12(15-4-3-9-21-15)10-17-16(19)18-11-13-5-7-14(8-6-13)22(2)20/h3-9,12H,10-11H2,1-2H3,(H2,17,18,19)/t12-,22+/m0/s1. The number of benzene rings is 1. The molecule has 2 N–H and O–H groups in total. The second kappa shape index (κ2) is 8.10. The number of hydrogen-bond acceptors (Lipinski definition) is 3. The molecule has 0 unspecified atom stereocenters. The second-order valence-electron chi connectivity index (χ2n) is 5.08. The van der Waals surface area contributed by atoms with Gasteiger partial charge in [0, 0.05) is 45.8 Å². The van der Waals surface area contributed by atoms with Gasteiger partial charge in [0.05, 0.1) is 0 Å². The Morgan fingerprint density at radius 1 is 1.23 bits per heavy atom. The third kappa shape index (κ3) is 4.96. The molecular formula is C16H20N2O2S2. The highest BCUT2D eigenvalue weighted by molar-refractivity contribution is 7.84. The molecule has 0 aliphatic rings. The fraction of sp³-hybridized carbons (Fsp3) is 0.312. The van der Waals surface area contributed by atoms with E-state index in [0.717, 1.165) is 10.5 Å². The molecule has 6 heteroatoms. The van der Waals surface area contributed by atoms with Gasteiger partial charge in [0.25, 0.3) is 0 Å². The van der Waals surface area contributed by atoms with E-state index in [2.05, 4.69) is 23.6 Å². The normalized spacial score (nSPS) is 13.4. The predicted octanol–water partition coefficient (Wildman–Crippen LogP) is 3.09. The lowest BCUT2D eigenvalue weighted by atomic mass is 10.1. The summed E-state index contributed by atoms with van der Waals surface area (Å²) in [5.74, 6) is 0.310. The van der Waals surface area contributed by atoms with Crippen LogP contribution in [0.2, 0.25) is 0 Å². The number of nitrogens with one attached hydrogen (secondary N) is 2. The molecule has 2 atom stereocenters. The van der Waals surface area contributed by atoms with Crippen molar-refractivity contribution in [3.05, 3.63) is 52.2 Å².